The number of hydrogen-bond acceptors (Lipinski definition) is 4. The number of aromatic nitrogens is 2. The van der Waals surface area contributed by atoms with Gasteiger partial charge in [-0.2, -0.15) is 4.98 Å². The van der Waals surface area contributed by atoms with E-state index in [9.17, 15) is 0 Å². The average Bonchev–Trinajstić information content (AvgIpc) is 2.40. The quantitative estimate of drug-likeness (QED) is 0.857. The normalized spacial score (nSPS) is 10.3. The van der Waals surface area contributed by atoms with Crippen LogP contribution in [0.3, 0.4) is 0 Å². The molecule has 0 aliphatic rings. The molecule has 2 N–H and O–H groups in total. The van der Waals surface area contributed by atoms with Crippen molar-refractivity contribution < 1.29 is 0 Å². The highest BCUT2D eigenvalue weighted by Gasteiger charge is 2.02. The predicted molar refractivity (Wildman–Crippen MR) is 80.0 cm³/mol. The van der Waals surface area contributed by atoms with E-state index in [-0.39, 0.29) is 0 Å². The third kappa shape index (κ3) is 3.68. The van der Waals surface area contributed by atoms with E-state index in [1.807, 2.05) is 6.07 Å². The van der Waals surface area contributed by atoms with Crippen molar-refractivity contribution in [2.45, 2.75) is 27.2 Å². The van der Waals surface area contributed by atoms with Gasteiger partial charge in [0.2, 0.25) is 5.95 Å². The molecule has 0 spiro atoms. The zero-order valence-corrected chi connectivity index (χ0v) is 11.7. The highest BCUT2D eigenvalue weighted by molar-refractivity contribution is 5.59. The molecule has 0 atom stereocenters. The second kappa shape index (κ2) is 6.18. The van der Waals surface area contributed by atoms with Crippen molar-refractivity contribution in [3.8, 4) is 0 Å². The maximum atomic E-state index is 4.44. The Balaban J connectivity index is 2.14. The van der Waals surface area contributed by atoms with E-state index in [0.29, 0.717) is 5.95 Å². The molecule has 4 nitrogen and oxygen atoms in total. The monoisotopic (exact) mass is 256 g/mol. The van der Waals surface area contributed by atoms with Crippen molar-refractivity contribution >= 4 is 17.5 Å². The van der Waals surface area contributed by atoms with E-state index in [4.69, 9.17) is 0 Å². The molecule has 0 saturated heterocycles. The number of nitrogens with one attached hydrogen (secondary N) is 2. The summed E-state index contributed by atoms with van der Waals surface area (Å²) in [7, 11) is 0. The van der Waals surface area contributed by atoms with Gasteiger partial charge in [0, 0.05) is 18.4 Å². The highest BCUT2D eigenvalue weighted by atomic mass is 15.1. The minimum atomic E-state index is 0.619. The third-order valence-corrected chi connectivity index (χ3v) is 2.84. The van der Waals surface area contributed by atoms with E-state index < -0.39 is 0 Å². The molecule has 4 heteroatoms. The van der Waals surface area contributed by atoms with Crippen LogP contribution in [0.4, 0.5) is 17.5 Å². The standard InChI is InChI=1S/C15H20N4/c1-4-8-16-14-7-9-17-15(19-14)18-13-6-5-11(2)10-12(13)3/h5-7,9-10H,4,8H2,1-3H3,(H2,16,17,18,19). The van der Waals surface area contributed by atoms with Gasteiger partial charge in [-0.05, 0) is 38.0 Å². The molecule has 0 fully saturated rings. The lowest BCUT2D eigenvalue weighted by Crippen LogP contribution is -2.05. The summed E-state index contributed by atoms with van der Waals surface area (Å²) >= 11 is 0. The average molecular weight is 256 g/mol. The molecule has 19 heavy (non-hydrogen) atoms. The zero-order valence-electron chi connectivity index (χ0n) is 11.7. The summed E-state index contributed by atoms with van der Waals surface area (Å²) in [5.41, 5.74) is 3.48. The van der Waals surface area contributed by atoms with Crippen LogP contribution in [0.2, 0.25) is 0 Å². The Bertz CT molecular complexity index is 552. The van der Waals surface area contributed by atoms with Gasteiger partial charge >= 0.3 is 0 Å². The first-order valence-electron chi connectivity index (χ1n) is 6.60. The zero-order chi connectivity index (χ0) is 13.7. The molecule has 2 rings (SSSR count). The van der Waals surface area contributed by atoms with Crippen LogP contribution in [0, 0.1) is 13.8 Å². The van der Waals surface area contributed by atoms with Gasteiger partial charge in [0.15, 0.2) is 0 Å². The lowest BCUT2D eigenvalue weighted by Gasteiger charge is -2.10. The van der Waals surface area contributed by atoms with Crippen LogP contribution >= 0.6 is 0 Å². The minimum absolute atomic E-state index is 0.619. The Morgan fingerprint density at radius 1 is 1.16 bits per heavy atom. The summed E-state index contributed by atoms with van der Waals surface area (Å²) in [5.74, 6) is 1.47. The van der Waals surface area contributed by atoms with Crippen molar-refractivity contribution in [1.29, 1.82) is 0 Å². The Hall–Kier alpha value is -2.10. The van der Waals surface area contributed by atoms with Crippen LogP contribution in [0.25, 0.3) is 0 Å². The lowest BCUT2D eigenvalue weighted by molar-refractivity contribution is 0.966. The van der Waals surface area contributed by atoms with E-state index in [0.717, 1.165) is 24.5 Å². The largest absolute Gasteiger partial charge is 0.370 e. The predicted octanol–water partition coefficient (Wildman–Crippen LogP) is 3.66. The van der Waals surface area contributed by atoms with E-state index in [1.165, 1.54) is 11.1 Å². The van der Waals surface area contributed by atoms with Crippen molar-refractivity contribution in [2.75, 3.05) is 17.2 Å². The fourth-order valence-corrected chi connectivity index (χ4v) is 1.84. The van der Waals surface area contributed by atoms with Crippen molar-refractivity contribution in [3.05, 3.63) is 41.6 Å². The lowest BCUT2D eigenvalue weighted by atomic mass is 10.1. The minimum Gasteiger partial charge on any atom is -0.370 e. The van der Waals surface area contributed by atoms with Gasteiger partial charge in [0.1, 0.15) is 5.82 Å². The van der Waals surface area contributed by atoms with E-state index in [1.54, 1.807) is 6.20 Å². The van der Waals surface area contributed by atoms with Gasteiger partial charge in [-0.1, -0.05) is 24.6 Å². The molecule has 0 saturated carbocycles. The van der Waals surface area contributed by atoms with Crippen molar-refractivity contribution in [1.82, 2.24) is 9.97 Å². The maximum Gasteiger partial charge on any atom is 0.229 e. The van der Waals surface area contributed by atoms with Gasteiger partial charge in [0.05, 0.1) is 0 Å². The number of hydrogen-bond donors (Lipinski definition) is 2. The summed E-state index contributed by atoms with van der Waals surface area (Å²) in [5, 5.41) is 6.51. The van der Waals surface area contributed by atoms with Crippen LogP contribution in [-0.2, 0) is 0 Å². The Morgan fingerprint density at radius 2 is 2.00 bits per heavy atom. The molecular formula is C15H20N4. The number of aryl methyl sites for hydroxylation is 2. The van der Waals surface area contributed by atoms with Crippen molar-refractivity contribution in [3.63, 3.8) is 0 Å². The summed E-state index contributed by atoms with van der Waals surface area (Å²) < 4.78 is 0. The number of nitrogens with zero attached hydrogens (tertiary/aromatic N) is 2. The molecule has 0 aliphatic carbocycles. The number of benzene rings is 1. The first-order chi connectivity index (χ1) is 9.19. The first kappa shape index (κ1) is 13.3. The molecule has 100 valence electrons. The van der Waals surface area contributed by atoms with Crippen LogP contribution in [0.15, 0.2) is 30.5 Å². The fourth-order valence-electron chi connectivity index (χ4n) is 1.84. The molecule has 0 aliphatic heterocycles. The van der Waals surface area contributed by atoms with Crippen LogP contribution in [-0.4, -0.2) is 16.5 Å². The summed E-state index contributed by atoms with van der Waals surface area (Å²) in [6.07, 6.45) is 2.83. The highest BCUT2D eigenvalue weighted by Crippen LogP contribution is 2.19. The van der Waals surface area contributed by atoms with Crippen molar-refractivity contribution in [2.24, 2.45) is 0 Å². The smallest absolute Gasteiger partial charge is 0.229 e. The molecule has 1 aromatic heterocycles. The Labute approximate surface area is 114 Å². The number of rotatable bonds is 5. The summed E-state index contributed by atoms with van der Waals surface area (Å²) in [4.78, 5) is 8.68. The Morgan fingerprint density at radius 3 is 2.74 bits per heavy atom. The maximum absolute atomic E-state index is 4.44. The van der Waals surface area contributed by atoms with E-state index >= 15 is 0 Å². The van der Waals surface area contributed by atoms with Gasteiger partial charge < -0.3 is 10.6 Å². The molecule has 0 bridgehead atoms. The first-order valence-corrected chi connectivity index (χ1v) is 6.60. The van der Waals surface area contributed by atoms with Crippen LogP contribution < -0.4 is 10.6 Å². The van der Waals surface area contributed by atoms with Gasteiger partial charge in [0.25, 0.3) is 0 Å². The second-order valence-corrected chi connectivity index (χ2v) is 4.64. The molecule has 0 radical (unpaired) electrons. The fraction of sp³-hybridized carbons (Fsp3) is 0.333. The number of anilines is 3. The topological polar surface area (TPSA) is 49.8 Å². The van der Waals surface area contributed by atoms with E-state index in [2.05, 4.69) is 59.6 Å². The van der Waals surface area contributed by atoms with Gasteiger partial charge in [-0.25, -0.2) is 4.98 Å². The molecule has 0 amide bonds. The molecule has 1 heterocycles. The van der Waals surface area contributed by atoms with Crippen LogP contribution in [0.1, 0.15) is 24.5 Å². The molecule has 2 aromatic rings. The summed E-state index contributed by atoms with van der Waals surface area (Å²) in [6, 6.07) is 8.15. The molecule has 0 unspecified atom stereocenters. The Kier molecular flexibility index (Phi) is 4.34. The summed E-state index contributed by atoms with van der Waals surface area (Å²) in [6.45, 7) is 7.21. The van der Waals surface area contributed by atoms with Gasteiger partial charge in [-0.15, -0.1) is 0 Å². The van der Waals surface area contributed by atoms with Gasteiger partial charge in [-0.3, -0.25) is 0 Å². The second-order valence-electron chi connectivity index (χ2n) is 4.64. The molecular weight excluding hydrogens is 236 g/mol. The SMILES string of the molecule is CCCNc1ccnc(Nc2ccc(C)cc2C)n1. The van der Waals surface area contributed by atoms with Crippen LogP contribution in [0.5, 0.6) is 0 Å². The third-order valence-electron chi connectivity index (χ3n) is 2.84. The molecule has 1 aromatic carbocycles.